The normalized spacial score (nSPS) is 17.3. The molecule has 1 amide bonds. The Morgan fingerprint density at radius 1 is 1.22 bits per heavy atom. The first-order valence-electron chi connectivity index (χ1n) is 11.2. The number of carbonyl (C=O) groups is 1. The van der Waals surface area contributed by atoms with Crippen LogP contribution in [0.1, 0.15) is 45.9 Å². The summed E-state index contributed by atoms with van der Waals surface area (Å²) in [5.41, 5.74) is 19.1. The Hall–Kier alpha value is -3.39. The summed E-state index contributed by atoms with van der Waals surface area (Å²) in [6.07, 6.45) is 6.85. The van der Waals surface area contributed by atoms with Gasteiger partial charge in [0.15, 0.2) is 0 Å². The first kappa shape index (κ1) is 19.3. The van der Waals surface area contributed by atoms with E-state index in [9.17, 15) is 4.79 Å². The first-order chi connectivity index (χ1) is 15.4. The van der Waals surface area contributed by atoms with Gasteiger partial charge in [0.2, 0.25) is 0 Å². The van der Waals surface area contributed by atoms with E-state index in [-0.39, 0.29) is 0 Å². The van der Waals surface area contributed by atoms with Gasteiger partial charge < -0.3 is 16.4 Å². The summed E-state index contributed by atoms with van der Waals surface area (Å²) in [4.78, 5) is 19.7. The van der Waals surface area contributed by atoms with Crippen molar-refractivity contribution < 1.29 is 4.79 Å². The average molecular weight is 430 g/mol. The molecule has 8 nitrogen and oxygen atoms in total. The van der Waals surface area contributed by atoms with Crippen molar-refractivity contribution >= 4 is 33.5 Å². The van der Waals surface area contributed by atoms with Crippen molar-refractivity contribution in [2.24, 2.45) is 11.7 Å². The van der Waals surface area contributed by atoms with E-state index in [4.69, 9.17) is 16.5 Å². The van der Waals surface area contributed by atoms with Crippen molar-refractivity contribution in [2.75, 3.05) is 25.9 Å². The highest BCUT2D eigenvalue weighted by atomic mass is 16.1. The maximum absolute atomic E-state index is 12.5. The first-order valence-corrected chi connectivity index (χ1v) is 11.2. The minimum absolute atomic E-state index is 0.349. The van der Waals surface area contributed by atoms with Crippen LogP contribution in [0.2, 0.25) is 0 Å². The quantitative estimate of drug-likeness (QED) is 0.451. The minimum atomic E-state index is -0.529. The number of benzene rings is 1. The Morgan fingerprint density at radius 3 is 2.69 bits per heavy atom. The van der Waals surface area contributed by atoms with Gasteiger partial charge >= 0.3 is 0 Å². The summed E-state index contributed by atoms with van der Waals surface area (Å²) in [6.45, 7) is 4.19. The number of rotatable bonds is 5. The van der Waals surface area contributed by atoms with E-state index in [0.717, 1.165) is 71.1 Å². The lowest BCUT2D eigenvalue weighted by Crippen LogP contribution is -2.44. The van der Waals surface area contributed by atoms with Gasteiger partial charge in [0.05, 0.1) is 28.5 Å². The van der Waals surface area contributed by atoms with Gasteiger partial charge in [0, 0.05) is 41.7 Å². The van der Waals surface area contributed by atoms with Gasteiger partial charge in [-0.05, 0) is 56.3 Å². The molecule has 1 aliphatic carbocycles. The third-order valence-corrected chi connectivity index (χ3v) is 7.04. The van der Waals surface area contributed by atoms with Gasteiger partial charge in [0.25, 0.3) is 5.91 Å². The molecule has 1 aromatic carbocycles. The number of nitrogens with one attached hydrogen (secondary N) is 1. The number of H-pyrrole nitrogens is 1. The Morgan fingerprint density at radius 2 is 2.00 bits per heavy atom. The summed E-state index contributed by atoms with van der Waals surface area (Å²) < 4.78 is 2.04. The molecule has 6 rings (SSSR count). The number of amides is 1. The number of carbonyl (C=O) groups excluding carboxylic acids is 1. The number of fused-ring (bicyclic) bond motifs is 2. The molecule has 8 heteroatoms. The van der Waals surface area contributed by atoms with E-state index < -0.39 is 5.91 Å². The van der Waals surface area contributed by atoms with Crippen molar-refractivity contribution in [3.05, 3.63) is 46.9 Å². The molecule has 2 aliphatic rings. The van der Waals surface area contributed by atoms with E-state index in [0.29, 0.717) is 23.2 Å². The average Bonchev–Trinajstić information content (AvgIpc) is 3.38. The van der Waals surface area contributed by atoms with Gasteiger partial charge in [-0.1, -0.05) is 6.07 Å². The van der Waals surface area contributed by atoms with Gasteiger partial charge in [0.1, 0.15) is 5.82 Å². The fourth-order valence-electron chi connectivity index (χ4n) is 5.42. The summed E-state index contributed by atoms with van der Waals surface area (Å²) >= 11 is 0. The minimum Gasteiger partial charge on any atom is -0.384 e. The largest absolute Gasteiger partial charge is 0.384 e. The Balaban J connectivity index is 1.71. The molecule has 0 spiro atoms. The van der Waals surface area contributed by atoms with E-state index in [1.54, 1.807) is 6.20 Å². The van der Waals surface area contributed by atoms with Crippen molar-refractivity contribution in [1.29, 1.82) is 0 Å². The number of hydrogen-bond acceptors (Lipinski definition) is 5. The number of aromatic amines is 1. The maximum Gasteiger partial charge on any atom is 0.253 e. The standard InChI is InChI=1S/C24H27N7O/c1-12-3-6-18-16(9-28-29-18)21(12)31-22-15(7-13-10-30(2)11-13)20(14-4-5-14)27-8-17(22)19(23(31)25)24(26)32/h3,6,8-9,13-14H,4-5,7,10-11,25H2,1-2H3,(H2,26,32)(H,28,29). The fourth-order valence-corrected chi connectivity index (χ4v) is 5.42. The predicted octanol–water partition coefficient (Wildman–Crippen LogP) is 2.87. The van der Waals surface area contributed by atoms with Gasteiger partial charge in [-0.15, -0.1) is 0 Å². The van der Waals surface area contributed by atoms with Crippen molar-refractivity contribution in [2.45, 2.75) is 32.1 Å². The summed E-state index contributed by atoms with van der Waals surface area (Å²) in [5, 5.41) is 9.00. The number of likely N-dealkylation sites (tertiary alicyclic amines) is 1. The SMILES string of the molecule is Cc1ccc2[nH]ncc2c1-n1c(N)c(C(N)=O)c2cnc(C3CC3)c(CC3CN(C)C3)c21. The molecular formula is C24H27N7O. The van der Waals surface area contributed by atoms with E-state index in [2.05, 4.69) is 35.1 Å². The van der Waals surface area contributed by atoms with Crippen LogP contribution in [0.5, 0.6) is 0 Å². The van der Waals surface area contributed by atoms with Crippen LogP contribution in [-0.4, -0.2) is 50.7 Å². The van der Waals surface area contributed by atoms with E-state index >= 15 is 0 Å². The van der Waals surface area contributed by atoms with Crippen LogP contribution in [0.4, 0.5) is 5.82 Å². The molecule has 5 N–H and O–H groups in total. The molecule has 1 saturated carbocycles. The second-order valence-corrected chi connectivity index (χ2v) is 9.47. The Labute approximate surface area is 185 Å². The molecule has 1 aliphatic heterocycles. The second-order valence-electron chi connectivity index (χ2n) is 9.47. The third kappa shape index (κ3) is 2.75. The third-order valence-electron chi connectivity index (χ3n) is 7.04. The zero-order valence-corrected chi connectivity index (χ0v) is 18.4. The molecule has 4 heterocycles. The number of pyridine rings is 1. The summed E-state index contributed by atoms with van der Waals surface area (Å²) in [7, 11) is 2.14. The summed E-state index contributed by atoms with van der Waals surface area (Å²) in [6, 6.07) is 4.06. The lowest BCUT2D eigenvalue weighted by Gasteiger charge is -2.36. The van der Waals surface area contributed by atoms with Crippen molar-refractivity contribution in [3.8, 4) is 5.69 Å². The number of primary amides is 1. The van der Waals surface area contributed by atoms with E-state index in [1.807, 2.05) is 16.8 Å². The monoisotopic (exact) mass is 429 g/mol. The molecule has 3 aromatic heterocycles. The van der Waals surface area contributed by atoms with Crippen molar-refractivity contribution in [1.82, 2.24) is 24.6 Å². The number of nitrogens with zero attached hydrogens (tertiary/aromatic N) is 4. The number of anilines is 1. The van der Waals surface area contributed by atoms with Crippen LogP contribution in [-0.2, 0) is 6.42 Å². The lowest BCUT2D eigenvalue weighted by atomic mass is 9.90. The highest BCUT2D eigenvalue weighted by molar-refractivity contribution is 6.13. The number of aromatic nitrogens is 4. The highest BCUT2D eigenvalue weighted by Crippen LogP contribution is 2.45. The molecule has 32 heavy (non-hydrogen) atoms. The zero-order valence-electron chi connectivity index (χ0n) is 18.4. The topological polar surface area (TPSA) is 119 Å². The maximum atomic E-state index is 12.5. The van der Waals surface area contributed by atoms with Gasteiger partial charge in [-0.2, -0.15) is 5.10 Å². The van der Waals surface area contributed by atoms with Crippen molar-refractivity contribution in [3.63, 3.8) is 0 Å². The molecule has 4 aromatic rings. The van der Waals surface area contributed by atoms with Crippen LogP contribution in [0.3, 0.4) is 0 Å². The number of nitrogen functional groups attached to an aromatic ring is 1. The predicted molar refractivity (Wildman–Crippen MR) is 125 cm³/mol. The van der Waals surface area contributed by atoms with E-state index in [1.165, 1.54) is 5.56 Å². The Bertz CT molecular complexity index is 1390. The van der Waals surface area contributed by atoms with Gasteiger partial charge in [-0.25, -0.2) is 0 Å². The molecule has 0 bridgehead atoms. The second kappa shape index (κ2) is 6.80. The smallest absolute Gasteiger partial charge is 0.253 e. The fraction of sp³-hybridized carbons (Fsp3) is 0.375. The molecule has 0 atom stereocenters. The molecule has 0 radical (unpaired) electrons. The molecular weight excluding hydrogens is 402 g/mol. The van der Waals surface area contributed by atoms with Crippen LogP contribution < -0.4 is 11.5 Å². The highest BCUT2D eigenvalue weighted by Gasteiger charge is 2.34. The molecule has 2 fully saturated rings. The number of hydrogen-bond donors (Lipinski definition) is 3. The molecule has 164 valence electrons. The number of aryl methyl sites for hydroxylation is 1. The van der Waals surface area contributed by atoms with Gasteiger partial charge in [-0.3, -0.25) is 19.4 Å². The molecule has 1 saturated heterocycles. The van der Waals surface area contributed by atoms with Crippen LogP contribution in [0.25, 0.3) is 27.5 Å². The molecule has 0 unspecified atom stereocenters. The number of nitrogens with two attached hydrogens (primary N) is 2. The summed E-state index contributed by atoms with van der Waals surface area (Å²) in [5.74, 6) is 0.890. The van der Waals surface area contributed by atoms with Crippen LogP contribution >= 0.6 is 0 Å². The zero-order chi connectivity index (χ0) is 22.1. The lowest BCUT2D eigenvalue weighted by molar-refractivity contribution is 0.100. The van der Waals surface area contributed by atoms with Crippen LogP contribution in [0.15, 0.2) is 24.5 Å². The van der Waals surface area contributed by atoms with Crippen LogP contribution in [0, 0.1) is 12.8 Å². The Kier molecular flexibility index (Phi) is 4.10.